The largest absolute Gasteiger partial charge is 0.494 e. The van der Waals surface area contributed by atoms with Crippen molar-refractivity contribution in [3.8, 4) is 5.75 Å². The van der Waals surface area contributed by atoms with Gasteiger partial charge in [-0.1, -0.05) is 6.07 Å². The van der Waals surface area contributed by atoms with Crippen LogP contribution in [-0.4, -0.2) is 36.0 Å². The standard InChI is InChI=1S/C22H24N6O3/c1-31-20-14(21(24)26-11-23)3-2-4-16(20)27-17-9-18(28-22(30)13-7-8-13)25-10-15(17)19(29)12-5-6-12/h2-4,9-13H,5-8H2,1H3,(H3,23,24,26)(H2,25,27,28,30). The van der Waals surface area contributed by atoms with Gasteiger partial charge in [-0.3, -0.25) is 15.0 Å². The van der Waals surface area contributed by atoms with Gasteiger partial charge in [0.1, 0.15) is 18.0 Å². The Morgan fingerprint density at radius 3 is 2.58 bits per heavy atom. The van der Waals surface area contributed by atoms with Crippen LogP contribution in [0, 0.1) is 17.2 Å². The van der Waals surface area contributed by atoms with Crippen LogP contribution in [0.4, 0.5) is 17.2 Å². The summed E-state index contributed by atoms with van der Waals surface area (Å²) in [4.78, 5) is 33.1. The highest BCUT2D eigenvalue weighted by Gasteiger charge is 2.33. The summed E-state index contributed by atoms with van der Waals surface area (Å²) in [5.41, 5.74) is 8.03. The summed E-state index contributed by atoms with van der Waals surface area (Å²) in [6.45, 7) is 0. The number of pyridine rings is 1. The Morgan fingerprint density at radius 2 is 1.94 bits per heavy atom. The third kappa shape index (κ3) is 4.55. The summed E-state index contributed by atoms with van der Waals surface area (Å²) in [5, 5.41) is 13.2. The molecule has 160 valence electrons. The lowest BCUT2D eigenvalue weighted by molar-refractivity contribution is -0.117. The van der Waals surface area contributed by atoms with Crippen molar-refractivity contribution in [2.75, 3.05) is 17.7 Å². The van der Waals surface area contributed by atoms with Crippen LogP contribution in [0.15, 0.2) is 35.5 Å². The van der Waals surface area contributed by atoms with Gasteiger partial charge in [0.2, 0.25) is 5.91 Å². The summed E-state index contributed by atoms with van der Waals surface area (Å²) in [6, 6.07) is 6.95. The summed E-state index contributed by atoms with van der Waals surface area (Å²) in [6.07, 6.45) is 5.88. The molecule has 0 radical (unpaired) electrons. The minimum atomic E-state index is -0.0603. The number of ketones is 1. The molecule has 0 saturated heterocycles. The first kappa shape index (κ1) is 20.5. The molecular weight excluding hydrogens is 396 g/mol. The van der Waals surface area contributed by atoms with Crippen molar-refractivity contribution >= 4 is 41.1 Å². The van der Waals surface area contributed by atoms with Gasteiger partial charge in [0.15, 0.2) is 11.5 Å². The van der Waals surface area contributed by atoms with Gasteiger partial charge in [0.25, 0.3) is 0 Å². The zero-order valence-corrected chi connectivity index (χ0v) is 17.1. The summed E-state index contributed by atoms with van der Waals surface area (Å²) >= 11 is 0. The molecule has 2 aliphatic carbocycles. The molecule has 1 heterocycles. The van der Waals surface area contributed by atoms with Gasteiger partial charge in [0.05, 0.1) is 29.6 Å². The van der Waals surface area contributed by atoms with E-state index in [1.54, 1.807) is 24.3 Å². The smallest absolute Gasteiger partial charge is 0.228 e. The highest BCUT2D eigenvalue weighted by Crippen LogP contribution is 2.38. The normalized spacial score (nSPS) is 15.8. The lowest BCUT2D eigenvalue weighted by Gasteiger charge is -2.17. The van der Waals surface area contributed by atoms with Crippen molar-refractivity contribution in [3.05, 3.63) is 41.6 Å². The van der Waals surface area contributed by atoms with Crippen molar-refractivity contribution < 1.29 is 14.3 Å². The number of ether oxygens (including phenoxy) is 1. The number of hydrogen-bond acceptors (Lipinski definition) is 6. The molecule has 4 rings (SSSR count). The molecule has 2 aliphatic rings. The van der Waals surface area contributed by atoms with Crippen LogP contribution in [0.3, 0.4) is 0 Å². The third-order valence-corrected chi connectivity index (χ3v) is 5.29. The number of anilines is 3. The minimum Gasteiger partial charge on any atom is -0.494 e. The van der Waals surface area contributed by atoms with Gasteiger partial charge < -0.3 is 21.1 Å². The number of aliphatic imine (C=N–C) groups is 1. The van der Waals surface area contributed by atoms with Crippen LogP contribution in [0.25, 0.3) is 0 Å². The molecule has 9 heteroatoms. The van der Waals surface area contributed by atoms with Gasteiger partial charge in [-0.05, 0) is 37.8 Å². The molecule has 0 aliphatic heterocycles. The third-order valence-electron chi connectivity index (χ3n) is 5.29. The molecule has 1 aromatic carbocycles. The number of amidine groups is 1. The zero-order valence-electron chi connectivity index (χ0n) is 17.1. The second kappa shape index (κ2) is 8.55. The quantitative estimate of drug-likeness (QED) is 0.279. The van der Waals surface area contributed by atoms with E-state index in [0.29, 0.717) is 34.1 Å². The predicted octanol–water partition coefficient (Wildman–Crippen LogP) is 3.09. The van der Waals surface area contributed by atoms with Crippen molar-refractivity contribution in [1.29, 1.82) is 5.41 Å². The first-order chi connectivity index (χ1) is 15.0. The lowest BCUT2D eigenvalue weighted by Crippen LogP contribution is -2.16. The molecule has 0 spiro atoms. The molecule has 2 saturated carbocycles. The Balaban J connectivity index is 1.71. The number of nitrogens with one attached hydrogen (secondary N) is 3. The number of aromatic nitrogens is 1. The SMILES string of the molecule is COc1c(Nc2cc(NC(=O)C3CC3)ncc2C(=O)C2CC2)cccc1C(N)=NC=N. The van der Waals surface area contributed by atoms with E-state index in [2.05, 4.69) is 20.6 Å². The Morgan fingerprint density at radius 1 is 1.19 bits per heavy atom. The van der Waals surface area contributed by atoms with Gasteiger partial charge in [0, 0.05) is 24.1 Å². The van der Waals surface area contributed by atoms with Crippen LogP contribution in [0.1, 0.15) is 41.6 Å². The van der Waals surface area contributed by atoms with E-state index < -0.39 is 0 Å². The number of rotatable bonds is 9. The van der Waals surface area contributed by atoms with E-state index in [1.807, 2.05) is 0 Å². The Kier molecular flexibility index (Phi) is 5.66. The fraction of sp³-hybridized carbons (Fsp3) is 0.318. The van der Waals surface area contributed by atoms with Crippen molar-refractivity contribution in [2.24, 2.45) is 22.6 Å². The molecule has 9 nitrogen and oxygen atoms in total. The molecule has 1 aromatic heterocycles. The van der Waals surface area contributed by atoms with Crippen molar-refractivity contribution in [3.63, 3.8) is 0 Å². The maximum Gasteiger partial charge on any atom is 0.228 e. The van der Waals surface area contributed by atoms with E-state index in [-0.39, 0.29) is 29.4 Å². The van der Waals surface area contributed by atoms with E-state index in [9.17, 15) is 9.59 Å². The van der Waals surface area contributed by atoms with Crippen LogP contribution < -0.4 is 21.1 Å². The molecule has 31 heavy (non-hydrogen) atoms. The number of para-hydroxylation sites is 1. The fourth-order valence-electron chi connectivity index (χ4n) is 3.30. The Labute approximate surface area is 179 Å². The number of nitrogens with zero attached hydrogens (tertiary/aromatic N) is 2. The van der Waals surface area contributed by atoms with Crippen molar-refractivity contribution in [2.45, 2.75) is 25.7 Å². The number of amides is 1. The van der Waals surface area contributed by atoms with Gasteiger partial charge in [-0.25, -0.2) is 9.98 Å². The number of carbonyl (C=O) groups excluding carboxylic acids is 2. The zero-order chi connectivity index (χ0) is 22.0. The van der Waals surface area contributed by atoms with Crippen LogP contribution in [0.2, 0.25) is 0 Å². The molecule has 5 N–H and O–H groups in total. The summed E-state index contributed by atoms with van der Waals surface area (Å²) in [7, 11) is 1.51. The number of hydrogen-bond donors (Lipinski definition) is 4. The van der Waals surface area contributed by atoms with Crippen molar-refractivity contribution in [1.82, 2.24) is 4.98 Å². The molecule has 2 fully saturated rings. The first-order valence-electron chi connectivity index (χ1n) is 10.1. The summed E-state index contributed by atoms with van der Waals surface area (Å²) in [5.74, 6) is 0.959. The van der Waals surface area contributed by atoms with E-state index >= 15 is 0 Å². The molecule has 2 aromatic rings. The molecular formula is C22H24N6O3. The Bertz CT molecular complexity index is 1070. The molecule has 0 bridgehead atoms. The molecule has 1 amide bonds. The maximum absolute atomic E-state index is 12.8. The fourth-order valence-corrected chi connectivity index (χ4v) is 3.30. The van der Waals surface area contributed by atoms with E-state index in [1.165, 1.54) is 13.3 Å². The first-order valence-corrected chi connectivity index (χ1v) is 10.1. The monoisotopic (exact) mass is 420 g/mol. The van der Waals surface area contributed by atoms with E-state index in [4.69, 9.17) is 15.9 Å². The number of carbonyl (C=O) groups is 2. The highest BCUT2D eigenvalue weighted by atomic mass is 16.5. The molecule has 0 unspecified atom stereocenters. The van der Waals surface area contributed by atoms with Crippen LogP contribution >= 0.6 is 0 Å². The summed E-state index contributed by atoms with van der Waals surface area (Å²) < 4.78 is 5.54. The maximum atomic E-state index is 12.8. The van der Waals surface area contributed by atoms with Gasteiger partial charge >= 0.3 is 0 Å². The average molecular weight is 420 g/mol. The highest BCUT2D eigenvalue weighted by molar-refractivity contribution is 6.07. The number of benzene rings is 1. The lowest BCUT2D eigenvalue weighted by atomic mass is 10.1. The second-order valence-electron chi connectivity index (χ2n) is 7.67. The Hall–Kier alpha value is -3.75. The van der Waals surface area contributed by atoms with E-state index in [0.717, 1.165) is 32.0 Å². The number of nitrogens with two attached hydrogens (primary N) is 1. The average Bonchev–Trinajstić information content (AvgIpc) is 3.65. The number of Topliss-reactive ketones (excluding diaryl/α,β-unsaturated/α-hetero) is 1. The second-order valence-corrected chi connectivity index (χ2v) is 7.67. The number of methoxy groups -OCH3 is 1. The minimum absolute atomic E-state index is 0.0119. The van der Waals surface area contributed by atoms with Crippen LogP contribution in [0.5, 0.6) is 5.75 Å². The topological polar surface area (TPSA) is 143 Å². The van der Waals surface area contributed by atoms with Crippen LogP contribution in [-0.2, 0) is 4.79 Å². The van der Waals surface area contributed by atoms with Gasteiger partial charge in [-0.15, -0.1) is 0 Å². The predicted molar refractivity (Wildman–Crippen MR) is 118 cm³/mol. The molecule has 0 atom stereocenters. The van der Waals surface area contributed by atoms with Gasteiger partial charge in [-0.2, -0.15) is 0 Å².